The number of rotatable bonds is 7. The predicted molar refractivity (Wildman–Crippen MR) is 60.7 cm³/mol. The van der Waals surface area contributed by atoms with E-state index < -0.39 is 0 Å². The molecule has 0 saturated heterocycles. The largest absolute Gasteiger partial charge is 0.395 e. The first kappa shape index (κ1) is 12.4. The first-order valence-electron chi connectivity index (χ1n) is 5.26. The molecule has 0 spiro atoms. The molecule has 84 valence electrons. The van der Waals surface area contributed by atoms with E-state index >= 15 is 0 Å². The van der Waals surface area contributed by atoms with E-state index in [0.717, 1.165) is 11.9 Å². The normalized spacial score (nSPS) is 19.7. The van der Waals surface area contributed by atoms with Crippen molar-refractivity contribution < 1.29 is 10.2 Å². The Labute approximate surface area is 94.2 Å². The van der Waals surface area contributed by atoms with E-state index in [-0.39, 0.29) is 13.2 Å². The Bertz CT molecular complexity index is 151. The summed E-state index contributed by atoms with van der Waals surface area (Å²) in [5.41, 5.74) is 0.407. The van der Waals surface area contributed by atoms with Crippen molar-refractivity contribution in [3.05, 3.63) is 0 Å². The number of halogens is 1. The maximum Gasteiger partial charge on any atom is 0.0558 e. The number of hydrogen-bond acceptors (Lipinski definition) is 3. The van der Waals surface area contributed by atoms with E-state index in [1.807, 2.05) is 0 Å². The molecular weight excluding hydrogens is 246 g/mol. The molecule has 3 nitrogen and oxygen atoms in total. The molecule has 1 aliphatic carbocycles. The zero-order chi connectivity index (χ0) is 10.4. The number of aliphatic hydroxyl groups is 2. The maximum atomic E-state index is 8.89. The van der Waals surface area contributed by atoms with Crippen LogP contribution in [0.2, 0.25) is 0 Å². The molecule has 1 saturated carbocycles. The summed E-state index contributed by atoms with van der Waals surface area (Å²) in [6.45, 7) is 2.71. The van der Waals surface area contributed by atoms with Crippen molar-refractivity contribution in [3.8, 4) is 0 Å². The van der Waals surface area contributed by atoms with Gasteiger partial charge in [-0.2, -0.15) is 0 Å². The van der Waals surface area contributed by atoms with Crippen LogP contribution in [-0.2, 0) is 0 Å². The van der Waals surface area contributed by atoms with Crippen LogP contribution in [0.4, 0.5) is 0 Å². The summed E-state index contributed by atoms with van der Waals surface area (Å²) >= 11 is 3.56. The molecule has 4 heteroatoms. The minimum atomic E-state index is 0.179. The molecule has 0 atom stereocenters. The quantitative estimate of drug-likeness (QED) is 0.671. The Morgan fingerprint density at radius 2 is 1.71 bits per heavy atom. The summed E-state index contributed by atoms with van der Waals surface area (Å²) in [7, 11) is 0. The Balaban J connectivity index is 2.36. The number of nitrogens with zero attached hydrogens (tertiary/aromatic N) is 1. The van der Waals surface area contributed by atoms with Crippen LogP contribution in [0.3, 0.4) is 0 Å². The highest BCUT2D eigenvalue weighted by molar-refractivity contribution is 9.09. The van der Waals surface area contributed by atoms with Crippen LogP contribution < -0.4 is 0 Å². The van der Waals surface area contributed by atoms with Gasteiger partial charge in [-0.05, 0) is 18.3 Å². The van der Waals surface area contributed by atoms with E-state index in [0.29, 0.717) is 18.5 Å². The molecule has 0 aromatic rings. The predicted octanol–water partition coefficient (Wildman–Crippen LogP) is 0.838. The summed E-state index contributed by atoms with van der Waals surface area (Å²) in [6, 6.07) is 0. The van der Waals surface area contributed by atoms with Gasteiger partial charge in [0.05, 0.1) is 13.2 Å². The van der Waals surface area contributed by atoms with Crippen molar-refractivity contribution in [1.29, 1.82) is 0 Å². The van der Waals surface area contributed by atoms with Gasteiger partial charge in [-0.25, -0.2) is 0 Å². The topological polar surface area (TPSA) is 43.7 Å². The monoisotopic (exact) mass is 265 g/mol. The Morgan fingerprint density at radius 1 is 1.14 bits per heavy atom. The van der Waals surface area contributed by atoms with Gasteiger partial charge in [-0.1, -0.05) is 22.4 Å². The first-order valence-corrected chi connectivity index (χ1v) is 6.38. The van der Waals surface area contributed by atoms with Crippen molar-refractivity contribution >= 4 is 15.9 Å². The third kappa shape index (κ3) is 3.19. The second-order valence-corrected chi connectivity index (χ2v) is 4.77. The second-order valence-electron chi connectivity index (χ2n) is 4.21. The van der Waals surface area contributed by atoms with Crippen molar-refractivity contribution in [3.63, 3.8) is 0 Å². The van der Waals surface area contributed by atoms with E-state index in [1.165, 1.54) is 19.3 Å². The summed E-state index contributed by atoms with van der Waals surface area (Å²) in [4.78, 5) is 2.15. The zero-order valence-electron chi connectivity index (χ0n) is 8.58. The van der Waals surface area contributed by atoms with Gasteiger partial charge in [0.1, 0.15) is 0 Å². The Morgan fingerprint density at radius 3 is 2.00 bits per heavy atom. The lowest BCUT2D eigenvalue weighted by atomic mass is 9.70. The van der Waals surface area contributed by atoms with Crippen LogP contribution in [-0.4, -0.2) is 53.3 Å². The van der Waals surface area contributed by atoms with E-state index in [2.05, 4.69) is 20.8 Å². The van der Waals surface area contributed by atoms with Gasteiger partial charge < -0.3 is 10.2 Å². The molecule has 1 aliphatic rings. The van der Waals surface area contributed by atoms with Gasteiger partial charge in [0, 0.05) is 25.0 Å². The third-order valence-electron chi connectivity index (χ3n) is 3.09. The molecule has 0 amide bonds. The molecule has 14 heavy (non-hydrogen) atoms. The van der Waals surface area contributed by atoms with Crippen molar-refractivity contribution in [2.45, 2.75) is 19.3 Å². The summed E-state index contributed by atoms with van der Waals surface area (Å²) in [5, 5.41) is 18.8. The summed E-state index contributed by atoms with van der Waals surface area (Å²) in [6.07, 6.45) is 3.86. The van der Waals surface area contributed by atoms with Crippen LogP contribution >= 0.6 is 15.9 Å². The van der Waals surface area contributed by atoms with Gasteiger partial charge in [0.2, 0.25) is 0 Å². The van der Waals surface area contributed by atoms with E-state index in [9.17, 15) is 0 Å². The average molecular weight is 266 g/mol. The van der Waals surface area contributed by atoms with Crippen LogP contribution in [0.25, 0.3) is 0 Å². The molecular formula is C10H20BrNO2. The molecule has 0 radical (unpaired) electrons. The minimum absolute atomic E-state index is 0.179. The lowest BCUT2D eigenvalue weighted by Gasteiger charge is -2.44. The molecule has 1 rings (SSSR count). The van der Waals surface area contributed by atoms with Crippen molar-refractivity contribution in [2.75, 3.05) is 38.2 Å². The number of hydrogen-bond donors (Lipinski definition) is 2. The van der Waals surface area contributed by atoms with Crippen LogP contribution in [0.1, 0.15) is 19.3 Å². The van der Waals surface area contributed by atoms with Crippen molar-refractivity contribution in [1.82, 2.24) is 4.90 Å². The van der Waals surface area contributed by atoms with Crippen molar-refractivity contribution in [2.24, 2.45) is 5.41 Å². The highest BCUT2D eigenvalue weighted by atomic mass is 79.9. The fourth-order valence-electron chi connectivity index (χ4n) is 2.04. The molecule has 0 aromatic carbocycles. The number of aliphatic hydroxyl groups excluding tert-OH is 2. The molecule has 0 aromatic heterocycles. The first-order chi connectivity index (χ1) is 6.76. The van der Waals surface area contributed by atoms with Gasteiger partial charge in [-0.15, -0.1) is 0 Å². The van der Waals surface area contributed by atoms with E-state index in [1.54, 1.807) is 0 Å². The fraction of sp³-hybridized carbons (Fsp3) is 1.00. The highest BCUT2D eigenvalue weighted by Crippen LogP contribution is 2.42. The fourth-order valence-corrected chi connectivity index (χ4v) is 2.78. The van der Waals surface area contributed by atoms with Crippen LogP contribution in [0, 0.1) is 5.41 Å². The lowest BCUT2D eigenvalue weighted by Crippen LogP contribution is -2.45. The minimum Gasteiger partial charge on any atom is -0.395 e. The summed E-state index contributed by atoms with van der Waals surface area (Å²) in [5.74, 6) is 0. The van der Waals surface area contributed by atoms with Gasteiger partial charge >= 0.3 is 0 Å². The summed E-state index contributed by atoms with van der Waals surface area (Å²) < 4.78 is 0. The Hall–Kier alpha value is 0.360. The zero-order valence-corrected chi connectivity index (χ0v) is 10.2. The standard InChI is InChI=1S/C10H20BrNO2/c11-8-10(2-1-3-10)9-12(4-6-13)5-7-14/h13-14H,1-9H2. The van der Waals surface area contributed by atoms with Crippen LogP contribution in [0.5, 0.6) is 0 Å². The highest BCUT2D eigenvalue weighted by Gasteiger charge is 2.37. The molecule has 2 N–H and O–H groups in total. The van der Waals surface area contributed by atoms with Gasteiger partial charge in [-0.3, -0.25) is 4.90 Å². The molecule has 0 unspecified atom stereocenters. The van der Waals surface area contributed by atoms with Gasteiger partial charge in [0.25, 0.3) is 0 Å². The van der Waals surface area contributed by atoms with Crippen LogP contribution in [0.15, 0.2) is 0 Å². The Kier molecular flexibility index (Phi) is 5.38. The molecule has 0 bridgehead atoms. The molecule has 0 aliphatic heterocycles. The second kappa shape index (κ2) is 6.05. The lowest BCUT2D eigenvalue weighted by molar-refractivity contribution is 0.0680. The van der Waals surface area contributed by atoms with Gasteiger partial charge in [0.15, 0.2) is 0 Å². The smallest absolute Gasteiger partial charge is 0.0558 e. The number of alkyl halides is 1. The molecule has 0 heterocycles. The molecule has 1 fully saturated rings. The third-order valence-corrected chi connectivity index (χ3v) is 4.28. The SMILES string of the molecule is OCCN(CCO)CC1(CBr)CCC1. The average Bonchev–Trinajstić information content (AvgIpc) is 2.12. The van der Waals surface area contributed by atoms with E-state index in [4.69, 9.17) is 10.2 Å². The maximum absolute atomic E-state index is 8.89.